The van der Waals surface area contributed by atoms with Crippen molar-refractivity contribution in [3.63, 3.8) is 0 Å². The number of amides is 1. The smallest absolute Gasteiger partial charge is 0.227 e. The van der Waals surface area contributed by atoms with Gasteiger partial charge in [0.1, 0.15) is 5.75 Å². The highest BCUT2D eigenvalue weighted by atomic mass is 16.5. The Morgan fingerprint density at radius 2 is 1.76 bits per heavy atom. The monoisotopic (exact) mass is 281 g/mol. The summed E-state index contributed by atoms with van der Waals surface area (Å²) in [5.41, 5.74) is 2.13. The number of hydrogen-bond donors (Lipinski definition) is 0. The second kappa shape index (κ2) is 6.00. The third kappa shape index (κ3) is 2.77. The molecule has 1 atom stereocenters. The van der Waals surface area contributed by atoms with E-state index in [1.807, 2.05) is 47.4 Å². The molecule has 108 valence electrons. The molecule has 0 spiro atoms. The molecular weight excluding hydrogens is 262 g/mol. The number of ether oxygens (including phenoxy) is 1. The van der Waals surface area contributed by atoms with E-state index in [1.165, 1.54) is 5.56 Å². The Balaban J connectivity index is 1.96. The number of anilines is 1. The van der Waals surface area contributed by atoms with Crippen molar-refractivity contribution in [3.05, 3.63) is 60.2 Å². The third-order valence-electron chi connectivity index (χ3n) is 3.98. The topological polar surface area (TPSA) is 29.5 Å². The second-order valence-corrected chi connectivity index (χ2v) is 5.28. The van der Waals surface area contributed by atoms with Crippen LogP contribution in [0.15, 0.2) is 54.6 Å². The molecule has 21 heavy (non-hydrogen) atoms. The Hall–Kier alpha value is -2.29. The summed E-state index contributed by atoms with van der Waals surface area (Å²) in [6.07, 6.45) is 2.57. The van der Waals surface area contributed by atoms with Crippen molar-refractivity contribution in [3.8, 4) is 5.75 Å². The van der Waals surface area contributed by atoms with Crippen molar-refractivity contribution in [2.45, 2.75) is 25.3 Å². The van der Waals surface area contributed by atoms with Crippen LogP contribution in [0, 0.1) is 0 Å². The molecule has 1 saturated heterocycles. The fourth-order valence-electron chi connectivity index (χ4n) is 2.93. The molecule has 2 aromatic carbocycles. The van der Waals surface area contributed by atoms with Gasteiger partial charge in [0.25, 0.3) is 0 Å². The van der Waals surface area contributed by atoms with E-state index in [0.29, 0.717) is 6.42 Å². The molecule has 0 aliphatic carbocycles. The summed E-state index contributed by atoms with van der Waals surface area (Å²) in [4.78, 5) is 14.4. The van der Waals surface area contributed by atoms with Gasteiger partial charge in [0.2, 0.25) is 5.91 Å². The van der Waals surface area contributed by atoms with Crippen molar-refractivity contribution in [2.24, 2.45) is 0 Å². The summed E-state index contributed by atoms with van der Waals surface area (Å²) in [6, 6.07) is 18.1. The summed E-state index contributed by atoms with van der Waals surface area (Å²) in [6.45, 7) is 0. The van der Waals surface area contributed by atoms with E-state index in [1.54, 1.807) is 7.11 Å². The molecule has 0 aromatic heterocycles. The maximum Gasteiger partial charge on any atom is 0.227 e. The molecule has 0 N–H and O–H groups in total. The predicted molar refractivity (Wildman–Crippen MR) is 83.5 cm³/mol. The summed E-state index contributed by atoms with van der Waals surface area (Å²) < 4.78 is 5.19. The van der Waals surface area contributed by atoms with Crippen molar-refractivity contribution >= 4 is 11.6 Å². The lowest BCUT2D eigenvalue weighted by molar-refractivity contribution is -0.120. The zero-order valence-electron chi connectivity index (χ0n) is 12.2. The zero-order valence-corrected chi connectivity index (χ0v) is 12.2. The van der Waals surface area contributed by atoms with Crippen LogP contribution in [0.4, 0.5) is 5.69 Å². The molecule has 1 heterocycles. The number of carbonyl (C=O) groups excluding carboxylic acids is 1. The van der Waals surface area contributed by atoms with E-state index in [4.69, 9.17) is 4.74 Å². The summed E-state index contributed by atoms with van der Waals surface area (Å²) in [5.74, 6) is 1.000. The average Bonchev–Trinajstić information content (AvgIpc) is 2.55. The van der Waals surface area contributed by atoms with E-state index in [0.717, 1.165) is 24.3 Å². The summed E-state index contributed by atoms with van der Waals surface area (Å²) in [7, 11) is 1.65. The molecule has 1 unspecified atom stereocenters. The fraction of sp³-hybridized carbons (Fsp3) is 0.278. The standard InChI is InChI=1S/C18H19NO2/c1-21-16-12-10-15(11-13-16)19-17(8-5-9-18(19)20)14-6-3-2-4-7-14/h2-4,6-7,10-13,17H,5,8-9H2,1H3. The number of hydrogen-bond acceptors (Lipinski definition) is 2. The number of rotatable bonds is 3. The number of nitrogens with zero attached hydrogens (tertiary/aromatic N) is 1. The largest absolute Gasteiger partial charge is 0.497 e. The van der Waals surface area contributed by atoms with Gasteiger partial charge in [-0.2, -0.15) is 0 Å². The lowest BCUT2D eigenvalue weighted by Crippen LogP contribution is -2.38. The van der Waals surface area contributed by atoms with Crippen LogP contribution in [-0.4, -0.2) is 13.0 Å². The Kier molecular flexibility index (Phi) is 3.91. The quantitative estimate of drug-likeness (QED) is 0.852. The van der Waals surface area contributed by atoms with E-state index < -0.39 is 0 Å². The molecule has 2 aromatic rings. The molecule has 1 amide bonds. The highest BCUT2D eigenvalue weighted by molar-refractivity contribution is 5.95. The van der Waals surface area contributed by atoms with Gasteiger partial charge in [0.05, 0.1) is 13.2 Å². The van der Waals surface area contributed by atoms with E-state index in [9.17, 15) is 4.79 Å². The maximum atomic E-state index is 12.4. The first-order valence-electron chi connectivity index (χ1n) is 7.30. The van der Waals surface area contributed by atoms with Crippen LogP contribution in [0.1, 0.15) is 30.9 Å². The van der Waals surface area contributed by atoms with E-state index >= 15 is 0 Å². The summed E-state index contributed by atoms with van der Waals surface area (Å²) >= 11 is 0. The summed E-state index contributed by atoms with van der Waals surface area (Å²) in [5, 5.41) is 0. The van der Waals surface area contributed by atoms with Gasteiger partial charge in [-0.15, -0.1) is 0 Å². The highest BCUT2D eigenvalue weighted by Gasteiger charge is 2.30. The Morgan fingerprint density at radius 1 is 1.05 bits per heavy atom. The highest BCUT2D eigenvalue weighted by Crippen LogP contribution is 2.36. The molecule has 3 rings (SSSR count). The molecule has 0 bridgehead atoms. The van der Waals surface area contributed by atoms with Crippen LogP contribution in [-0.2, 0) is 4.79 Å². The first-order valence-corrected chi connectivity index (χ1v) is 7.30. The van der Waals surface area contributed by atoms with E-state index in [-0.39, 0.29) is 11.9 Å². The van der Waals surface area contributed by atoms with Crippen molar-refractivity contribution in [1.29, 1.82) is 0 Å². The Labute approximate surface area is 125 Å². The van der Waals surface area contributed by atoms with Crippen LogP contribution in [0.2, 0.25) is 0 Å². The molecule has 3 nitrogen and oxygen atoms in total. The SMILES string of the molecule is COc1ccc(N2C(=O)CCCC2c2ccccc2)cc1. The number of carbonyl (C=O) groups is 1. The van der Waals surface area contributed by atoms with Gasteiger partial charge in [-0.05, 0) is 42.7 Å². The van der Waals surface area contributed by atoms with Gasteiger partial charge in [-0.25, -0.2) is 0 Å². The number of piperidine rings is 1. The molecular formula is C18H19NO2. The number of methoxy groups -OCH3 is 1. The van der Waals surface area contributed by atoms with Gasteiger partial charge < -0.3 is 9.64 Å². The fourth-order valence-corrected chi connectivity index (χ4v) is 2.93. The zero-order chi connectivity index (χ0) is 14.7. The van der Waals surface area contributed by atoms with Crippen LogP contribution >= 0.6 is 0 Å². The first kappa shape index (κ1) is 13.7. The number of benzene rings is 2. The van der Waals surface area contributed by atoms with Crippen LogP contribution in [0.25, 0.3) is 0 Å². The van der Waals surface area contributed by atoms with Crippen molar-refractivity contribution in [2.75, 3.05) is 12.0 Å². The van der Waals surface area contributed by atoms with Crippen LogP contribution < -0.4 is 9.64 Å². The molecule has 1 fully saturated rings. The normalized spacial score (nSPS) is 18.6. The van der Waals surface area contributed by atoms with Crippen LogP contribution in [0.5, 0.6) is 5.75 Å². The van der Waals surface area contributed by atoms with Gasteiger partial charge >= 0.3 is 0 Å². The van der Waals surface area contributed by atoms with Gasteiger partial charge in [0.15, 0.2) is 0 Å². The lowest BCUT2D eigenvalue weighted by atomic mass is 9.94. The molecule has 0 radical (unpaired) electrons. The molecule has 3 heteroatoms. The van der Waals surface area contributed by atoms with Gasteiger partial charge in [-0.3, -0.25) is 4.79 Å². The molecule has 1 aliphatic heterocycles. The van der Waals surface area contributed by atoms with E-state index in [2.05, 4.69) is 12.1 Å². The average molecular weight is 281 g/mol. The maximum absolute atomic E-state index is 12.4. The Morgan fingerprint density at radius 3 is 2.43 bits per heavy atom. The minimum absolute atomic E-state index is 0.126. The van der Waals surface area contributed by atoms with Gasteiger partial charge in [-0.1, -0.05) is 30.3 Å². The minimum atomic E-state index is 0.126. The first-order chi connectivity index (χ1) is 10.3. The van der Waals surface area contributed by atoms with Crippen LogP contribution in [0.3, 0.4) is 0 Å². The van der Waals surface area contributed by atoms with Gasteiger partial charge in [0, 0.05) is 12.1 Å². The minimum Gasteiger partial charge on any atom is -0.497 e. The Bertz CT molecular complexity index is 607. The molecule has 0 saturated carbocycles. The van der Waals surface area contributed by atoms with Crippen molar-refractivity contribution < 1.29 is 9.53 Å². The molecule has 1 aliphatic rings. The predicted octanol–water partition coefficient (Wildman–Crippen LogP) is 3.95. The second-order valence-electron chi connectivity index (χ2n) is 5.28. The third-order valence-corrected chi connectivity index (χ3v) is 3.98. The van der Waals surface area contributed by atoms with Crippen molar-refractivity contribution in [1.82, 2.24) is 0 Å². The lowest BCUT2D eigenvalue weighted by Gasteiger charge is -2.36.